The van der Waals surface area contributed by atoms with Crippen LogP contribution in [0.15, 0.2) is 84.5 Å². The normalized spacial score (nSPS) is 17.0. The number of likely N-dealkylation sites (tertiary alicyclic amines) is 1. The highest BCUT2D eigenvalue weighted by Gasteiger charge is 2.31. The number of rotatable bonds is 7. The van der Waals surface area contributed by atoms with Crippen molar-refractivity contribution in [2.24, 2.45) is 0 Å². The van der Waals surface area contributed by atoms with Crippen LogP contribution in [0.3, 0.4) is 0 Å². The lowest BCUT2D eigenvalue weighted by Gasteiger charge is -2.19. The van der Waals surface area contributed by atoms with Gasteiger partial charge in [0.25, 0.3) is 0 Å². The molecule has 2 aromatic heterocycles. The van der Waals surface area contributed by atoms with Gasteiger partial charge in [0.15, 0.2) is 5.82 Å². The van der Waals surface area contributed by atoms with Crippen LogP contribution in [0.25, 0.3) is 22.2 Å². The number of pyridine rings is 1. The lowest BCUT2D eigenvalue weighted by Crippen LogP contribution is -2.30. The summed E-state index contributed by atoms with van der Waals surface area (Å²) in [5, 5.41) is 12.1. The first-order valence-electron chi connectivity index (χ1n) is 13.3. The van der Waals surface area contributed by atoms with Gasteiger partial charge in [-0.1, -0.05) is 36.4 Å². The molecule has 3 heterocycles. The standard InChI is InChI=1S/C31H31N5O2/c1-2-32-30-28-27(34-35-30)19-26(23-17-18-36(20-23)31(37)22-9-5-3-6-10-22)33-29(28)21-13-15-25(16-14-21)38-24-11-7-4-8-12-24/h3-5,7-9,11-16,19,23H,2,6,10,17-18,20H2,1H3,(H2,32,34,35). The number of nitrogens with one attached hydrogen (secondary N) is 2. The maximum absolute atomic E-state index is 13.1. The number of anilines is 1. The number of hydrogen-bond acceptors (Lipinski definition) is 5. The number of carbonyl (C=O) groups excluding carboxylic acids is 1. The van der Waals surface area contributed by atoms with E-state index in [0.717, 1.165) is 83.1 Å². The van der Waals surface area contributed by atoms with Crippen molar-refractivity contribution in [1.82, 2.24) is 20.1 Å². The Balaban J connectivity index is 1.31. The Bertz CT molecular complexity index is 1500. The summed E-state index contributed by atoms with van der Waals surface area (Å²) in [5.41, 5.74) is 4.69. The topological polar surface area (TPSA) is 83.1 Å². The maximum Gasteiger partial charge on any atom is 0.249 e. The average molecular weight is 506 g/mol. The van der Waals surface area contributed by atoms with E-state index >= 15 is 0 Å². The zero-order valence-electron chi connectivity index (χ0n) is 21.5. The molecule has 38 heavy (non-hydrogen) atoms. The highest BCUT2D eigenvalue weighted by Crippen LogP contribution is 2.37. The summed E-state index contributed by atoms with van der Waals surface area (Å²) >= 11 is 0. The molecule has 7 nitrogen and oxygen atoms in total. The van der Waals surface area contributed by atoms with Crippen LogP contribution < -0.4 is 10.1 Å². The number of hydrogen-bond donors (Lipinski definition) is 2. The second-order valence-electron chi connectivity index (χ2n) is 9.76. The number of H-pyrrole nitrogens is 1. The molecular formula is C31H31N5O2. The zero-order valence-corrected chi connectivity index (χ0v) is 21.5. The molecule has 2 aromatic carbocycles. The molecule has 1 unspecified atom stereocenters. The third kappa shape index (κ3) is 4.79. The van der Waals surface area contributed by atoms with E-state index in [-0.39, 0.29) is 11.8 Å². The fourth-order valence-electron chi connectivity index (χ4n) is 5.25. The van der Waals surface area contributed by atoms with E-state index in [9.17, 15) is 4.79 Å². The molecule has 0 bridgehead atoms. The molecule has 1 fully saturated rings. The van der Waals surface area contributed by atoms with Crippen molar-refractivity contribution >= 4 is 22.6 Å². The lowest BCUT2D eigenvalue weighted by atomic mass is 10.00. The average Bonchev–Trinajstić information content (AvgIpc) is 3.62. The van der Waals surface area contributed by atoms with Gasteiger partial charge in [-0.15, -0.1) is 0 Å². The number of ether oxygens (including phenoxy) is 1. The predicted octanol–water partition coefficient (Wildman–Crippen LogP) is 6.44. The predicted molar refractivity (Wildman–Crippen MR) is 150 cm³/mol. The Kier molecular flexibility index (Phi) is 6.65. The highest BCUT2D eigenvalue weighted by atomic mass is 16.5. The number of nitrogens with zero attached hydrogens (tertiary/aromatic N) is 3. The second kappa shape index (κ2) is 10.5. The Hall–Kier alpha value is -4.39. The summed E-state index contributed by atoms with van der Waals surface area (Å²) in [6, 6.07) is 19.9. The molecule has 192 valence electrons. The smallest absolute Gasteiger partial charge is 0.249 e. The third-order valence-corrected chi connectivity index (χ3v) is 7.20. The maximum atomic E-state index is 13.1. The van der Waals surface area contributed by atoms with Crippen LogP contribution >= 0.6 is 0 Å². The van der Waals surface area contributed by atoms with Gasteiger partial charge in [-0.05, 0) is 68.7 Å². The lowest BCUT2D eigenvalue weighted by molar-refractivity contribution is -0.126. The first-order valence-corrected chi connectivity index (χ1v) is 13.3. The van der Waals surface area contributed by atoms with Crippen LogP contribution in [0.5, 0.6) is 11.5 Å². The summed E-state index contributed by atoms with van der Waals surface area (Å²) in [6.07, 6.45) is 8.69. The number of amides is 1. The molecule has 1 aliphatic carbocycles. The number of benzene rings is 2. The minimum atomic E-state index is 0.156. The van der Waals surface area contributed by atoms with E-state index in [0.29, 0.717) is 6.54 Å². The van der Waals surface area contributed by atoms with Crippen molar-refractivity contribution in [1.29, 1.82) is 0 Å². The van der Waals surface area contributed by atoms with Crippen molar-refractivity contribution < 1.29 is 9.53 Å². The van der Waals surface area contributed by atoms with Crippen LogP contribution in [-0.2, 0) is 4.79 Å². The first kappa shape index (κ1) is 24.0. The van der Waals surface area contributed by atoms with Gasteiger partial charge in [-0.3, -0.25) is 14.9 Å². The van der Waals surface area contributed by atoms with Crippen molar-refractivity contribution in [2.75, 3.05) is 25.0 Å². The summed E-state index contributed by atoms with van der Waals surface area (Å²) in [7, 11) is 0. The SMILES string of the molecule is CCNc1n[nH]c2cc(C3CCN(C(=O)C4=CC=CCC4)C3)nc(-c3ccc(Oc4ccccc4)cc3)c12. The zero-order chi connectivity index (χ0) is 25.9. The van der Waals surface area contributed by atoms with Gasteiger partial charge in [-0.2, -0.15) is 5.10 Å². The van der Waals surface area contributed by atoms with Crippen LogP contribution in [-0.4, -0.2) is 45.6 Å². The van der Waals surface area contributed by atoms with E-state index in [1.54, 1.807) is 0 Å². The first-order chi connectivity index (χ1) is 18.7. The molecule has 0 radical (unpaired) electrons. The van der Waals surface area contributed by atoms with Crippen LogP contribution in [0, 0.1) is 0 Å². The van der Waals surface area contributed by atoms with E-state index in [4.69, 9.17) is 9.72 Å². The molecule has 2 aliphatic rings. The van der Waals surface area contributed by atoms with E-state index in [2.05, 4.69) is 34.6 Å². The quantitative estimate of drug-likeness (QED) is 0.302. The number of carbonyl (C=O) groups is 1. The number of para-hydroxylation sites is 1. The monoisotopic (exact) mass is 505 g/mol. The van der Waals surface area contributed by atoms with Crippen LogP contribution in [0.2, 0.25) is 0 Å². The molecule has 0 saturated carbocycles. The highest BCUT2D eigenvalue weighted by molar-refractivity contribution is 6.01. The molecule has 6 rings (SSSR count). The van der Waals surface area contributed by atoms with Gasteiger partial charge in [-0.25, -0.2) is 0 Å². The molecule has 1 saturated heterocycles. The fraction of sp³-hybridized carbons (Fsp3) is 0.258. The minimum Gasteiger partial charge on any atom is -0.457 e. The van der Waals surface area contributed by atoms with Gasteiger partial charge < -0.3 is 15.0 Å². The minimum absolute atomic E-state index is 0.156. The van der Waals surface area contributed by atoms with E-state index in [1.807, 2.05) is 71.6 Å². The van der Waals surface area contributed by atoms with Crippen molar-refractivity contribution in [2.45, 2.75) is 32.1 Å². The van der Waals surface area contributed by atoms with Gasteiger partial charge in [0.2, 0.25) is 5.91 Å². The largest absolute Gasteiger partial charge is 0.457 e. The molecule has 7 heteroatoms. The van der Waals surface area contributed by atoms with Crippen molar-refractivity contribution in [3.8, 4) is 22.8 Å². The Labute approximate surface area is 222 Å². The number of allylic oxidation sites excluding steroid dienone is 3. The Morgan fingerprint density at radius 2 is 1.95 bits per heavy atom. The van der Waals surface area contributed by atoms with Crippen molar-refractivity contribution in [3.63, 3.8) is 0 Å². The summed E-state index contributed by atoms with van der Waals surface area (Å²) in [4.78, 5) is 20.2. The fourth-order valence-corrected chi connectivity index (χ4v) is 5.25. The van der Waals surface area contributed by atoms with Crippen molar-refractivity contribution in [3.05, 3.63) is 90.2 Å². The van der Waals surface area contributed by atoms with E-state index < -0.39 is 0 Å². The molecule has 0 spiro atoms. The number of aromatic nitrogens is 3. The number of aromatic amines is 1. The van der Waals surface area contributed by atoms with E-state index in [1.165, 1.54) is 0 Å². The summed E-state index contributed by atoms with van der Waals surface area (Å²) in [5.74, 6) is 2.69. The molecule has 1 amide bonds. The van der Waals surface area contributed by atoms with Crippen LogP contribution in [0.4, 0.5) is 5.82 Å². The molecule has 2 N–H and O–H groups in total. The third-order valence-electron chi connectivity index (χ3n) is 7.20. The van der Waals surface area contributed by atoms with Gasteiger partial charge in [0.1, 0.15) is 11.5 Å². The number of fused-ring (bicyclic) bond motifs is 1. The molecule has 1 aliphatic heterocycles. The Morgan fingerprint density at radius 1 is 1.13 bits per heavy atom. The Morgan fingerprint density at radius 3 is 2.71 bits per heavy atom. The van der Waals surface area contributed by atoms with Gasteiger partial charge in [0, 0.05) is 42.4 Å². The summed E-state index contributed by atoms with van der Waals surface area (Å²) in [6.45, 7) is 4.24. The summed E-state index contributed by atoms with van der Waals surface area (Å²) < 4.78 is 6.00. The van der Waals surface area contributed by atoms with Crippen LogP contribution in [0.1, 0.15) is 37.8 Å². The van der Waals surface area contributed by atoms with Gasteiger partial charge in [0.05, 0.1) is 16.6 Å². The molecule has 4 aromatic rings. The second-order valence-corrected chi connectivity index (χ2v) is 9.76. The molecule has 1 atom stereocenters. The molecular weight excluding hydrogens is 474 g/mol. The van der Waals surface area contributed by atoms with Gasteiger partial charge >= 0.3 is 0 Å².